The van der Waals surface area contributed by atoms with Crippen molar-refractivity contribution in [3.8, 4) is 5.75 Å². The summed E-state index contributed by atoms with van der Waals surface area (Å²) in [5.74, 6) is -0.739. The fourth-order valence-corrected chi connectivity index (χ4v) is 2.24. The predicted molar refractivity (Wildman–Crippen MR) is 83.6 cm³/mol. The third-order valence-corrected chi connectivity index (χ3v) is 3.48. The van der Waals surface area contributed by atoms with Crippen LogP contribution in [0.4, 0.5) is 0 Å². The Labute approximate surface area is 134 Å². The van der Waals surface area contributed by atoms with Gasteiger partial charge in [0.1, 0.15) is 11.5 Å². The van der Waals surface area contributed by atoms with Crippen molar-refractivity contribution in [2.45, 2.75) is 13.3 Å². The number of para-hydroxylation sites is 1. The molecule has 0 aliphatic heterocycles. The van der Waals surface area contributed by atoms with Gasteiger partial charge in [0.05, 0.1) is 13.0 Å². The second-order valence-corrected chi connectivity index (χ2v) is 5.17. The first kappa shape index (κ1) is 16.6. The Hall–Kier alpha value is -2.76. The first-order valence-corrected chi connectivity index (χ1v) is 7.20. The lowest BCUT2D eigenvalue weighted by molar-refractivity contribution is -0.141. The van der Waals surface area contributed by atoms with E-state index in [2.05, 4.69) is 5.32 Å². The maximum absolute atomic E-state index is 11.9. The molecule has 0 fully saturated rings. The number of aryl methyl sites for hydroxylation is 1. The van der Waals surface area contributed by atoms with Crippen LogP contribution >= 0.6 is 0 Å². The second kappa shape index (κ2) is 7.49. The van der Waals surface area contributed by atoms with Crippen molar-refractivity contribution in [3.05, 3.63) is 53.5 Å². The average Bonchev–Trinajstić information content (AvgIpc) is 2.97. The molecule has 2 N–H and O–H groups in total. The molecular formula is C17H19NO5. The highest BCUT2D eigenvalue weighted by atomic mass is 16.5. The molecule has 1 atom stereocenters. The van der Waals surface area contributed by atoms with Crippen LogP contribution < -0.4 is 10.1 Å². The normalized spacial score (nSPS) is 11.7. The van der Waals surface area contributed by atoms with E-state index in [1.165, 1.54) is 7.11 Å². The summed E-state index contributed by atoms with van der Waals surface area (Å²) in [6.45, 7) is 1.74. The Bertz CT molecular complexity index is 692. The molecule has 1 aromatic heterocycles. The van der Waals surface area contributed by atoms with E-state index in [9.17, 15) is 14.7 Å². The van der Waals surface area contributed by atoms with Gasteiger partial charge < -0.3 is 19.6 Å². The number of carbonyl (C=O) groups excluding carboxylic acids is 1. The zero-order valence-corrected chi connectivity index (χ0v) is 13.0. The number of aliphatic carboxylic acids is 1. The summed E-state index contributed by atoms with van der Waals surface area (Å²) in [4.78, 5) is 23.4. The molecule has 23 heavy (non-hydrogen) atoms. The van der Waals surface area contributed by atoms with Crippen LogP contribution in [0.1, 0.15) is 21.9 Å². The minimum atomic E-state index is -0.980. The van der Waals surface area contributed by atoms with Crippen LogP contribution in [0.2, 0.25) is 0 Å². The van der Waals surface area contributed by atoms with Crippen molar-refractivity contribution in [3.63, 3.8) is 0 Å². The van der Waals surface area contributed by atoms with E-state index < -0.39 is 17.8 Å². The first-order valence-electron chi connectivity index (χ1n) is 7.20. The third kappa shape index (κ3) is 4.35. The number of carboxylic acid groups (broad SMARTS) is 1. The van der Waals surface area contributed by atoms with E-state index in [-0.39, 0.29) is 18.7 Å². The standard InChI is InChI=1S/C17H19NO5/c1-11-7-8-15(23-11)16(19)18-10-13(17(20)21)9-12-5-3-4-6-14(12)22-2/h3-8,13H,9-10H2,1-2H3,(H,18,19)(H,20,21). The number of amides is 1. The lowest BCUT2D eigenvalue weighted by Gasteiger charge is -2.15. The van der Waals surface area contributed by atoms with Crippen molar-refractivity contribution in [2.75, 3.05) is 13.7 Å². The zero-order valence-electron chi connectivity index (χ0n) is 13.0. The molecule has 0 bridgehead atoms. The van der Waals surface area contributed by atoms with Crippen LogP contribution in [0.5, 0.6) is 5.75 Å². The molecule has 1 amide bonds. The van der Waals surface area contributed by atoms with Crippen LogP contribution in [-0.2, 0) is 11.2 Å². The van der Waals surface area contributed by atoms with Crippen molar-refractivity contribution in [1.82, 2.24) is 5.32 Å². The summed E-state index contributed by atoms with van der Waals surface area (Å²) in [5, 5.41) is 12.0. The molecule has 0 aliphatic carbocycles. The Kier molecular flexibility index (Phi) is 5.41. The van der Waals surface area contributed by atoms with Gasteiger partial charge in [-0.05, 0) is 37.1 Å². The number of carbonyl (C=O) groups is 2. The molecule has 0 aliphatic rings. The fraction of sp³-hybridized carbons (Fsp3) is 0.294. The van der Waals surface area contributed by atoms with Gasteiger partial charge in [-0.3, -0.25) is 9.59 Å². The van der Waals surface area contributed by atoms with E-state index in [1.807, 2.05) is 18.2 Å². The van der Waals surface area contributed by atoms with E-state index in [0.29, 0.717) is 11.5 Å². The highest BCUT2D eigenvalue weighted by Crippen LogP contribution is 2.21. The Balaban J connectivity index is 2.02. The minimum absolute atomic E-state index is 0.00592. The van der Waals surface area contributed by atoms with Crippen molar-refractivity contribution in [2.24, 2.45) is 5.92 Å². The topological polar surface area (TPSA) is 88.8 Å². The monoisotopic (exact) mass is 317 g/mol. The van der Waals surface area contributed by atoms with Crippen molar-refractivity contribution < 1.29 is 23.8 Å². The van der Waals surface area contributed by atoms with Gasteiger partial charge in [0, 0.05) is 6.54 Å². The fourth-order valence-electron chi connectivity index (χ4n) is 2.24. The van der Waals surface area contributed by atoms with Crippen molar-refractivity contribution >= 4 is 11.9 Å². The number of methoxy groups -OCH3 is 1. The van der Waals surface area contributed by atoms with Crippen LogP contribution in [0.15, 0.2) is 40.8 Å². The van der Waals surface area contributed by atoms with Crippen LogP contribution in [0.3, 0.4) is 0 Å². The summed E-state index contributed by atoms with van der Waals surface area (Å²) in [5.41, 5.74) is 0.783. The summed E-state index contributed by atoms with van der Waals surface area (Å²) < 4.78 is 10.4. The Morgan fingerprint density at radius 1 is 1.26 bits per heavy atom. The lowest BCUT2D eigenvalue weighted by atomic mass is 9.98. The SMILES string of the molecule is COc1ccccc1CC(CNC(=O)c1ccc(C)o1)C(=O)O. The van der Waals surface area contributed by atoms with E-state index in [1.54, 1.807) is 25.1 Å². The summed E-state index contributed by atoms with van der Waals surface area (Å²) in [6.07, 6.45) is 0.261. The molecule has 122 valence electrons. The molecule has 2 rings (SSSR count). The quantitative estimate of drug-likeness (QED) is 0.818. The number of hydrogen-bond donors (Lipinski definition) is 2. The molecule has 1 aromatic carbocycles. The van der Waals surface area contributed by atoms with E-state index >= 15 is 0 Å². The molecular weight excluding hydrogens is 298 g/mol. The first-order chi connectivity index (χ1) is 11.0. The molecule has 2 aromatic rings. The number of ether oxygens (including phenoxy) is 1. The summed E-state index contributed by atoms with van der Waals surface area (Å²) >= 11 is 0. The smallest absolute Gasteiger partial charge is 0.308 e. The second-order valence-electron chi connectivity index (χ2n) is 5.17. The number of carboxylic acids is 1. The number of hydrogen-bond acceptors (Lipinski definition) is 4. The summed E-state index contributed by atoms with van der Waals surface area (Å²) in [6, 6.07) is 10.5. The minimum Gasteiger partial charge on any atom is -0.496 e. The molecule has 0 saturated carbocycles. The molecule has 0 saturated heterocycles. The molecule has 0 radical (unpaired) electrons. The van der Waals surface area contributed by atoms with Gasteiger partial charge in [-0.2, -0.15) is 0 Å². The van der Waals surface area contributed by atoms with Gasteiger partial charge in [0.25, 0.3) is 5.91 Å². The van der Waals surface area contributed by atoms with Crippen LogP contribution in [-0.4, -0.2) is 30.6 Å². The summed E-state index contributed by atoms with van der Waals surface area (Å²) in [7, 11) is 1.54. The number of benzene rings is 1. The van der Waals surface area contributed by atoms with Gasteiger partial charge in [-0.15, -0.1) is 0 Å². The molecule has 6 heteroatoms. The van der Waals surface area contributed by atoms with Gasteiger partial charge >= 0.3 is 5.97 Å². The number of rotatable bonds is 7. The molecule has 6 nitrogen and oxygen atoms in total. The highest BCUT2D eigenvalue weighted by molar-refractivity contribution is 5.91. The molecule has 0 spiro atoms. The van der Waals surface area contributed by atoms with Crippen molar-refractivity contribution in [1.29, 1.82) is 0 Å². The largest absolute Gasteiger partial charge is 0.496 e. The maximum Gasteiger partial charge on any atom is 0.308 e. The van der Waals surface area contributed by atoms with E-state index in [4.69, 9.17) is 9.15 Å². The Morgan fingerprint density at radius 3 is 2.61 bits per heavy atom. The van der Waals surface area contributed by atoms with Crippen LogP contribution in [0.25, 0.3) is 0 Å². The average molecular weight is 317 g/mol. The molecule has 1 unspecified atom stereocenters. The zero-order chi connectivity index (χ0) is 16.8. The number of nitrogens with one attached hydrogen (secondary N) is 1. The van der Waals surface area contributed by atoms with Gasteiger partial charge in [0.2, 0.25) is 0 Å². The Morgan fingerprint density at radius 2 is 2.00 bits per heavy atom. The predicted octanol–water partition coefficient (Wildman–Crippen LogP) is 2.27. The lowest BCUT2D eigenvalue weighted by Crippen LogP contribution is -2.34. The highest BCUT2D eigenvalue weighted by Gasteiger charge is 2.21. The number of furan rings is 1. The van der Waals surface area contributed by atoms with Crippen LogP contribution in [0, 0.1) is 12.8 Å². The van der Waals surface area contributed by atoms with Gasteiger partial charge in [-0.1, -0.05) is 18.2 Å². The third-order valence-electron chi connectivity index (χ3n) is 3.48. The maximum atomic E-state index is 11.9. The molecule has 1 heterocycles. The van der Waals surface area contributed by atoms with Gasteiger partial charge in [-0.25, -0.2) is 0 Å². The van der Waals surface area contributed by atoms with E-state index in [0.717, 1.165) is 5.56 Å². The van der Waals surface area contributed by atoms with Gasteiger partial charge in [0.15, 0.2) is 5.76 Å².